The van der Waals surface area contributed by atoms with Crippen LogP contribution in [-0.4, -0.2) is 66.9 Å². The lowest BCUT2D eigenvalue weighted by atomic mass is 9.96. The lowest BCUT2D eigenvalue weighted by Crippen LogP contribution is -2.51. The summed E-state index contributed by atoms with van der Waals surface area (Å²) in [6.07, 6.45) is 0.934. The van der Waals surface area contributed by atoms with Crippen molar-refractivity contribution >= 4 is 5.91 Å². The fourth-order valence-corrected chi connectivity index (χ4v) is 4.50. The van der Waals surface area contributed by atoms with Gasteiger partial charge in [0.15, 0.2) is 0 Å². The van der Waals surface area contributed by atoms with Gasteiger partial charge in [0.25, 0.3) is 0 Å². The number of hydrogen-bond donors (Lipinski definition) is 0. The number of amides is 1. The molecule has 4 nitrogen and oxygen atoms in total. The Morgan fingerprint density at radius 1 is 0.862 bits per heavy atom. The Hall–Kier alpha value is -2.31. The zero-order valence-electron chi connectivity index (χ0n) is 16.7. The van der Waals surface area contributed by atoms with E-state index in [1.165, 1.54) is 24.3 Å². The van der Waals surface area contributed by atoms with Crippen LogP contribution in [0.15, 0.2) is 48.5 Å². The fraction of sp³-hybridized carbons (Fsp3) is 0.435. The largest absolute Gasteiger partial charge is 0.340 e. The number of halogens is 2. The Balaban J connectivity index is 1.50. The van der Waals surface area contributed by atoms with Crippen molar-refractivity contribution in [3.63, 3.8) is 0 Å². The first-order valence-corrected chi connectivity index (χ1v) is 10.2. The molecule has 2 aliphatic rings. The molecule has 154 valence electrons. The van der Waals surface area contributed by atoms with Crippen LogP contribution in [0.5, 0.6) is 0 Å². The van der Waals surface area contributed by atoms with Crippen LogP contribution in [0.1, 0.15) is 23.6 Å². The van der Waals surface area contributed by atoms with Gasteiger partial charge < -0.3 is 9.80 Å². The van der Waals surface area contributed by atoms with Gasteiger partial charge in [-0.3, -0.25) is 9.69 Å². The Bertz CT molecular complexity index is 787. The molecule has 6 heteroatoms. The summed E-state index contributed by atoms with van der Waals surface area (Å²) in [5.41, 5.74) is 1.94. The molecule has 0 bridgehead atoms. The standard InChI is InChI=1S/C23H27F2N3O/c1-26-11-10-19(16-26)23(29)28-14-12-27(13-15-28)22(17-2-6-20(24)7-3-17)18-4-8-21(25)9-5-18/h2-9,19,22H,10-16H2,1H3. The van der Waals surface area contributed by atoms with Gasteiger partial charge >= 0.3 is 0 Å². The number of benzene rings is 2. The number of hydrogen-bond acceptors (Lipinski definition) is 3. The van der Waals surface area contributed by atoms with Crippen molar-refractivity contribution < 1.29 is 13.6 Å². The molecular formula is C23H27F2N3O. The second-order valence-corrected chi connectivity index (χ2v) is 8.11. The molecule has 0 aromatic heterocycles. The quantitative estimate of drug-likeness (QED) is 0.790. The Morgan fingerprint density at radius 2 is 1.38 bits per heavy atom. The number of carbonyl (C=O) groups excluding carboxylic acids is 1. The third-order valence-corrected chi connectivity index (χ3v) is 6.10. The molecule has 0 aliphatic carbocycles. The Kier molecular flexibility index (Phi) is 5.92. The predicted molar refractivity (Wildman–Crippen MR) is 108 cm³/mol. The molecule has 2 heterocycles. The lowest BCUT2D eigenvalue weighted by molar-refractivity contribution is -0.137. The van der Waals surface area contributed by atoms with Crippen LogP contribution in [0.4, 0.5) is 8.78 Å². The van der Waals surface area contributed by atoms with Gasteiger partial charge in [0.1, 0.15) is 11.6 Å². The van der Waals surface area contributed by atoms with Gasteiger partial charge in [-0.05, 0) is 55.4 Å². The van der Waals surface area contributed by atoms with Gasteiger partial charge in [0.05, 0.1) is 12.0 Å². The second kappa shape index (κ2) is 8.59. The van der Waals surface area contributed by atoms with Crippen LogP contribution in [0, 0.1) is 17.6 Å². The van der Waals surface area contributed by atoms with E-state index < -0.39 is 0 Å². The van der Waals surface area contributed by atoms with E-state index in [0.29, 0.717) is 13.1 Å². The number of nitrogens with zero attached hydrogens (tertiary/aromatic N) is 3. The topological polar surface area (TPSA) is 26.8 Å². The summed E-state index contributed by atoms with van der Waals surface area (Å²) in [4.78, 5) is 19.3. The molecule has 0 spiro atoms. The SMILES string of the molecule is CN1CCC(C(=O)N2CCN(C(c3ccc(F)cc3)c3ccc(F)cc3)CC2)C1. The smallest absolute Gasteiger partial charge is 0.227 e. The van der Waals surface area contributed by atoms with Gasteiger partial charge in [0.2, 0.25) is 5.91 Å². The van der Waals surface area contributed by atoms with Crippen molar-refractivity contribution in [2.24, 2.45) is 5.92 Å². The van der Waals surface area contributed by atoms with Gasteiger partial charge in [-0.25, -0.2) is 8.78 Å². The normalized spacial score (nSPS) is 21.1. The van der Waals surface area contributed by atoms with Crippen LogP contribution in [0.2, 0.25) is 0 Å². The van der Waals surface area contributed by atoms with E-state index >= 15 is 0 Å². The average molecular weight is 399 g/mol. The maximum Gasteiger partial charge on any atom is 0.227 e. The van der Waals surface area contributed by atoms with Gasteiger partial charge in [-0.2, -0.15) is 0 Å². The lowest BCUT2D eigenvalue weighted by Gasteiger charge is -2.40. The molecule has 0 radical (unpaired) electrons. The summed E-state index contributed by atoms with van der Waals surface area (Å²) in [6.45, 7) is 4.64. The van der Waals surface area contributed by atoms with Crippen LogP contribution >= 0.6 is 0 Å². The van der Waals surface area contributed by atoms with Gasteiger partial charge in [-0.15, -0.1) is 0 Å². The maximum atomic E-state index is 13.5. The number of likely N-dealkylation sites (tertiary alicyclic amines) is 1. The molecule has 29 heavy (non-hydrogen) atoms. The molecule has 2 aromatic rings. The van der Waals surface area contributed by atoms with Crippen LogP contribution in [0.25, 0.3) is 0 Å². The molecule has 1 unspecified atom stereocenters. The van der Waals surface area contributed by atoms with Crippen molar-refractivity contribution in [3.05, 3.63) is 71.3 Å². The summed E-state index contributed by atoms with van der Waals surface area (Å²) < 4.78 is 26.9. The van der Waals surface area contributed by atoms with Crippen LogP contribution in [0.3, 0.4) is 0 Å². The molecule has 2 aliphatic heterocycles. The minimum Gasteiger partial charge on any atom is -0.340 e. The number of rotatable bonds is 4. The minimum atomic E-state index is -0.274. The van der Waals surface area contributed by atoms with Crippen molar-refractivity contribution in [1.29, 1.82) is 0 Å². The summed E-state index contributed by atoms with van der Waals surface area (Å²) in [7, 11) is 2.06. The van der Waals surface area contributed by atoms with Crippen LogP contribution < -0.4 is 0 Å². The van der Waals surface area contributed by atoms with Gasteiger partial charge in [-0.1, -0.05) is 24.3 Å². The molecule has 0 N–H and O–H groups in total. The molecule has 1 atom stereocenters. The van der Waals surface area contributed by atoms with E-state index in [1.54, 1.807) is 24.3 Å². The van der Waals surface area contributed by atoms with Crippen molar-refractivity contribution in [2.75, 3.05) is 46.3 Å². The third kappa shape index (κ3) is 4.49. The first kappa shape index (κ1) is 20.0. The van der Waals surface area contributed by atoms with E-state index in [9.17, 15) is 13.6 Å². The van der Waals surface area contributed by atoms with Crippen molar-refractivity contribution in [1.82, 2.24) is 14.7 Å². The van der Waals surface area contributed by atoms with E-state index in [0.717, 1.165) is 43.7 Å². The summed E-state index contributed by atoms with van der Waals surface area (Å²) >= 11 is 0. The predicted octanol–water partition coefficient (Wildman–Crippen LogP) is 3.15. The maximum absolute atomic E-state index is 13.5. The highest BCUT2D eigenvalue weighted by Crippen LogP contribution is 2.30. The Morgan fingerprint density at radius 3 is 1.83 bits per heavy atom. The van der Waals surface area contributed by atoms with E-state index in [1.807, 2.05) is 4.90 Å². The summed E-state index contributed by atoms with van der Waals surface area (Å²) in [6, 6.07) is 12.9. The monoisotopic (exact) mass is 399 g/mol. The first-order chi connectivity index (χ1) is 14.0. The minimum absolute atomic E-state index is 0.0916. The number of piperazine rings is 1. The first-order valence-electron chi connectivity index (χ1n) is 10.2. The molecular weight excluding hydrogens is 372 g/mol. The van der Waals surface area contributed by atoms with E-state index in [4.69, 9.17) is 0 Å². The molecule has 4 rings (SSSR count). The number of carbonyl (C=O) groups is 1. The highest BCUT2D eigenvalue weighted by atomic mass is 19.1. The van der Waals surface area contributed by atoms with Gasteiger partial charge in [0, 0.05) is 32.7 Å². The zero-order valence-corrected chi connectivity index (χ0v) is 16.7. The third-order valence-electron chi connectivity index (χ3n) is 6.10. The second-order valence-electron chi connectivity index (χ2n) is 8.11. The summed E-state index contributed by atoms with van der Waals surface area (Å²) in [5.74, 6) is -0.183. The molecule has 0 saturated carbocycles. The van der Waals surface area contributed by atoms with Crippen molar-refractivity contribution in [3.8, 4) is 0 Å². The van der Waals surface area contributed by atoms with E-state index in [-0.39, 0.29) is 29.5 Å². The molecule has 1 amide bonds. The van der Waals surface area contributed by atoms with E-state index in [2.05, 4.69) is 16.8 Å². The fourth-order valence-electron chi connectivity index (χ4n) is 4.50. The molecule has 2 fully saturated rings. The average Bonchev–Trinajstić information content (AvgIpc) is 3.17. The molecule has 2 saturated heterocycles. The highest BCUT2D eigenvalue weighted by molar-refractivity contribution is 5.79. The zero-order chi connectivity index (χ0) is 20.4. The summed E-state index contributed by atoms with van der Waals surface area (Å²) in [5, 5.41) is 0. The highest BCUT2D eigenvalue weighted by Gasteiger charge is 2.33. The Labute approximate surface area is 170 Å². The van der Waals surface area contributed by atoms with Crippen LogP contribution in [-0.2, 0) is 4.79 Å². The van der Waals surface area contributed by atoms with Crippen molar-refractivity contribution in [2.45, 2.75) is 12.5 Å². The molecule has 2 aromatic carbocycles.